The first-order chi connectivity index (χ1) is 9.61. The van der Waals surface area contributed by atoms with Gasteiger partial charge >= 0.3 is 0 Å². The minimum Gasteiger partial charge on any atom is -0.306 e. The molecular weight excluding hydrogens is 244 g/mol. The summed E-state index contributed by atoms with van der Waals surface area (Å²) in [6, 6.07) is 16.8. The van der Waals surface area contributed by atoms with Crippen LogP contribution in [0.2, 0.25) is 0 Å². The van der Waals surface area contributed by atoms with E-state index in [0.717, 1.165) is 17.7 Å². The van der Waals surface area contributed by atoms with Crippen molar-refractivity contribution >= 4 is 0 Å². The zero-order valence-corrected chi connectivity index (χ0v) is 12.3. The molecule has 1 atom stereocenters. The smallest absolute Gasteiger partial charge is 0.0991 e. The monoisotopic (exact) mass is 264 g/mol. The Morgan fingerprint density at radius 2 is 1.85 bits per heavy atom. The summed E-state index contributed by atoms with van der Waals surface area (Å²) in [5.41, 5.74) is 5.76. The fourth-order valence-electron chi connectivity index (χ4n) is 2.41. The number of nitrogens with one attached hydrogen (secondary N) is 1. The second kappa shape index (κ2) is 6.36. The Hall–Kier alpha value is -2.11. The van der Waals surface area contributed by atoms with Crippen molar-refractivity contribution in [2.45, 2.75) is 33.4 Å². The molecule has 1 unspecified atom stereocenters. The SMILES string of the molecule is Cc1cc(C#N)ccc1CNC(C)c1ccccc1C. The average molecular weight is 264 g/mol. The normalized spacial score (nSPS) is 11.9. The standard InChI is InChI=1S/C18H20N2/c1-13-6-4-5-7-18(13)15(3)20-12-17-9-8-16(11-19)10-14(17)2/h4-10,15,20H,12H2,1-3H3. The van der Waals surface area contributed by atoms with Gasteiger partial charge in [0.05, 0.1) is 11.6 Å². The van der Waals surface area contributed by atoms with Gasteiger partial charge in [0.1, 0.15) is 0 Å². The van der Waals surface area contributed by atoms with Crippen molar-refractivity contribution in [3.63, 3.8) is 0 Å². The number of rotatable bonds is 4. The largest absolute Gasteiger partial charge is 0.306 e. The van der Waals surface area contributed by atoms with Crippen LogP contribution in [0.3, 0.4) is 0 Å². The Bertz CT molecular complexity index is 638. The lowest BCUT2D eigenvalue weighted by Gasteiger charge is -2.17. The van der Waals surface area contributed by atoms with Crippen molar-refractivity contribution in [1.29, 1.82) is 5.26 Å². The molecule has 0 saturated carbocycles. The number of nitrogens with zero attached hydrogens (tertiary/aromatic N) is 1. The third-order valence-electron chi connectivity index (χ3n) is 3.73. The van der Waals surface area contributed by atoms with E-state index in [4.69, 9.17) is 5.26 Å². The zero-order valence-electron chi connectivity index (χ0n) is 12.3. The maximum atomic E-state index is 8.88. The van der Waals surface area contributed by atoms with Crippen LogP contribution >= 0.6 is 0 Å². The summed E-state index contributed by atoms with van der Waals surface area (Å²) >= 11 is 0. The molecule has 2 nitrogen and oxygen atoms in total. The Kier molecular flexibility index (Phi) is 4.55. The van der Waals surface area contributed by atoms with E-state index in [-0.39, 0.29) is 0 Å². The molecule has 0 fully saturated rings. The third kappa shape index (κ3) is 3.26. The van der Waals surface area contributed by atoms with Gasteiger partial charge in [-0.3, -0.25) is 0 Å². The van der Waals surface area contributed by atoms with E-state index in [9.17, 15) is 0 Å². The van der Waals surface area contributed by atoms with Crippen molar-refractivity contribution < 1.29 is 0 Å². The van der Waals surface area contributed by atoms with Crippen molar-refractivity contribution in [1.82, 2.24) is 5.32 Å². The van der Waals surface area contributed by atoms with E-state index in [2.05, 4.69) is 56.4 Å². The summed E-state index contributed by atoms with van der Waals surface area (Å²) in [6.07, 6.45) is 0. The number of benzene rings is 2. The molecule has 2 heteroatoms. The van der Waals surface area contributed by atoms with Crippen LogP contribution in [0.15, 0.2) is 42.5 Å². The molecule has 0 saturated heterocycles. The summed E-state index contributed by atoms with van der Waals surface area (Å²) in [5, 5.41) is 12.4. The highest BCUT2D eigenvalue weighted by atomic mass is 14.9. The van der Waals surface area contributed by atoms with Gasteiger partial charge in [0.2, 0.25) is 0 Å². The molecule has 102 valence electrons. The van der Waals surface area contributed by atoms with Gasteiger partial charge in [-0.25, -0.2) is 0 Å². The Balaban J connectivity index is 2.06. The quantitative estimate of drug-likeness (QED) is 0.905. The predicted molar refractivity (Wildman–Crippen MR) is 82.3 cm³/mol. The van der Waals surface area contributed by atoms with Crippen LogP contribution in [0.4, 0.5) is 0 Å². The van der Waals surface area contributed by atoms with Crippen molar-refractivity contribution in [3.05, 3.63) is 70.3 Å². The molecule has 0 spiro atoms. The molecular formula is C18H20N2. The molecule has 0 aliphatic carbocycles. The third-order valence-corrected chi connectivity index (χ3v) is 3.73. The van der Waals surface area contributed by atoms with Crippen LogP contribution in [-0.2, 0) is 6.54 Å². The van der Waals surface area contributed by atoms with Crippen LogP contribution in [0, 0.1) is 25.2 Å². The van der Waals surface area contributed by atoms with Gasteiger partial charge in [0.15, 0.2) is 0 Å². The topological polar surface area (TPSA) is 35.8 Å². The van der Waals surface area contributed by atoms with Crippen molar-refractivity contribution in [2.24, 2.45) is 0 Å². The summed E-state index contributed by atoms with van der Waals surface area (Å²) in [7, 11) is 0. The second-order valence-electron chi connectivity index (χ2n) is 5.21. The summed E-state index contributed by atoms with van der Waals surface area (Å²) in [5.74, 6) is 0. The molecule has 0 bridgehead atoms. The second-order valence-corrected chi connectivity index (χ2v) is 5.21. The highest BCUT2D eigenvalue weighted by molar-refractivity contribution is 5.37. The average Bonchev–Trinajstić information content (AvgIpc) is 2.46. The lowest BCUT2D eigenvalue weighted by molar-refractivity contribution is 0.571. The van der Waals surface area contributed by atoms with Gasteiger partial charge in [-0.05, 0) is 55.2 Å². The van der Waals surface area contributed by atoms with Crippen molar-refractivity contribution in [2.75, 3.05) is 0 Å². The lowest BCUT2D eigenvalue weighted by Crippen LogP contribution is -2.19. The summed E-state index contributed by atoms with van der Waals surface area (Å²) in [4.78, 5) is 0. The van der Waals surface area contributed by atoms with Crippen LogP contribution in [0.5, 0.6) is 0 Å². The first-order valence-electron chi connectivity index (χ1n) is 6.90. The molecule has 2 rings (SSSR count). The van der Waals surface area contributed by atoms with Gasteiger partial charge < -0.3 is 5.32 Å². The highest BCUT2D eigenvalue weighted by Crippen LogP contribution is 2.18. The maximum absolute atomic E-state index is 8.88. The fourth-order valence-corrected chi connectivity index (χ4v) is 2.41. The van der Waals surface area contributed by atoms with Crippen LogP contribution < -0.4 is 5.32 Å². The molecule has 0 heterocycles. The summed E-state index contributed by atoms with van der Waals surface area (Å²) in [6.45, 7) is 7.19. The van der Waals surface area contributed by atoms with Crippen molar-refractivity contribution in [3.8, 4) is 6.07 Å². The highest BCUT2D eigenvalue weighted by Gasteiger charge is 2.08. The minimum absolute atomic E-state index is 0.311. The van der Waals surface area contributed by atoms with Crippen LogP contribution in [-0.4, -0.2) is 0 Å². The van der Waals surface area contributed by atoms with Gasteiger partial charge in [-0.1, -0.05) is 30.3 Å². The first-order valence-corrected chi connectivity index (χ1v) is 6.90. The molecule has 0 radical (unpaired) electrons. The zero-order chi connectivity index (χ0) is 14.5. The molecule has 2 aromatic carbocycles. The van der Waals surface area contributed by atoms with E-state index < -0.39 is 0 Å². The number of aryl methyl sites for hydroxylation is 2. The van der Waals surface area contributed by atoms with Gasteiger partial charge in [-0.15, -0.1) is 0 Å². The fraction of sp³-hybridized carbons (Fsp3) is 0.278. The van der Waals surface area contributed by atoms with E-state index >= 15 is 0 Å². The molecule has 0 amide bonds. The number of nitriles is 1. The molecule has 0 aromatic heterocycles. The minimum atomic E-state index is 0.311. The maximum Gasteiger partial charge on any atom is 0.0991 e. The summed E-state index contributed by atoms with van der Waals surface area (Å²) < 4.78 is 0. The first kappa shape index (κ1) is 14.3. The van der Waals surface area contributed by atoms with E-state index in [1.807, 2.05) is 18.2 Å². The Labute approximate surface area is 121 Å². The van der Waals surface area contributed by atoms with E-state index in [0.29, 0.717) is 6.04 Å². The van der Waals surface area contributed by atoms with E-state index in [1.54, 1.807) is 0 Å². The Morgan fingerprint density at radius 3 is 2.50 bits per heavy atom. The molecule has 0 aliphatic heterocycles. The van der Waals surface area contributed by atoms with E-state index in [1.165, 1.54) is 16.7 Å². The van der Waals surface area contributed by atoms with Gasteiger partial charge in [0.25, 0.3) is 0 Å². The van der Waals surface area contributed by atoms with Crippen LogP contribution in [0.25, 0.3) is 0 Å². The molecule has 20 heavy (non-hydrogen) atoms. The van der Waals surface area contributed by atoms with Gasteiger partial charge in [0, 0.05) is 12.6 Å². The Morgan fingerprint density at radius 1 is 1.10 bits per heavy atom. The molecule has 2 aromatic rings. The predicted octanol–water partition coefficient (Wildman–Crippen LogP) is 4.03. The lowest BCUT2D eigenvalue weighted by atomic mass is 10.0. The number of hydrogen-bond acceptors (Lipinski definition) is 2. The number of hydrogen-bond donors (Lipinski definition) is 1. The molecule has 0 aliphatic rings. The van der Waals surface area contributed by atoms with Gasteiger partial charge in [-0.2, -0.15) is 5.26 Å². The molecule has 1 N–H and O–H groups in total. The van der Waals surface area contributed by atoms with Crippen LogP contribution in [0.1, 0.15) is 40.8 Å².